The number of nitrogens with zero attached hydrogens (tertiary/aromatic N) is 8. The Morgan fingerprint density at radius 2 is 1.85 bits per heavy atom. The number of hydrogen-bond acceptors (Lipinski definition) is 8. The minimum atomic E-state index is -0.353. The molecule has 11 heteroatoms. The second-order valence-corrected chi connectivity index (χ2v) is 9.31. The molecule has 0 radical (unpaired) electrons. The van der Waals surface area contributed by atoms with Crippen molar-refractivity contribution in [2.24, 2.45) is 14.1 Å². The largest absolute Gasteiger partial charge is 0.398 e. The molecular weight excluding hydrogens is 492 g/mol. The molecule has 6 aromatic rings. The number of aryl methyl sites for hydroxylation is 2. The van der Waals surface area contributed by atoms with Gasteiger partial charge in [-0.15, -0.1) is 10.2 Å². The lowest BCUT2D eigenvalue weighted by Gasteiger charge is -2.23. The predicted octanol–water partition coefficient (Wildman–Crippen LogP) is 3.73. The van der Waals surface area contributed by atoms with E-state index in [-0.39, 0.29) is 11.6 Å². The third-order valence-corrected chi connectivity index (χ3v) is 6.62. The molecule has 0 saturated carbocycles. The van der Waals surface area contributed by atoms with Crippen molar-refractivity contribution >= 4 is 22.3 Å². The number of nitrogens with two attached hydrogens (primary N) is 1. The van der Waals surface area contributed by atoms with Gasteiger partial charge in [-0.1, -0.05) is 36.4 Å². The van der Waals surface area contributed by atoms with Crippen molar-refractivity contribution in [2.75, 3.05) is 11.1 Å². The Bertz CT molecular complexity index is 1870. The number of aromatic nitrogens is 8. The van der Waals surface area contributed by atoms with E-state index < -0.39 is 0 Å². The third-order valence-electron chi connectivity index (χ3n) is 6.62. The van der Waals surface area contributed by atoms with Crippen molar-refractivity contribution in [2.45, 2.75) is 13.0 Å². The molecule has 1 atom stereocenters. The van der Waals surface area contributed by atoms with Crippen molar-refractivity contribution in [3.8, 4) is 28.2 Å². The number of tetrazole rings is 1. The maximum atomic E-state index is 14.3. The van der Waals surface area contributed by atoms with Crippen LogP contribution >= 0.6 is 0 Å². The van der Waals surface area contributed by atoms with Crippen molar-refractivity contribution in [1.82, 2.24) is 39.5 Å². The van der Waals surface area contributed by atoms with E-state index in [9.17, 15) is 4.79 Å². The van der Waals surface area contributed by atoms with Crippen LogP contribution in [0.15, 0.2) is 84.0 Å². The van der Waals surface area contributed by atoms with Crippen molar-refractivity contribution < 1.29 is 0 Å². The van der Waals surface area contributed by atoms with Gasteiger partial charge in [0.05, 0.1) is 30.2 Å². The number of anilines is 2. The van der Waals surface area contributed by atoms with E-state index in [1.54, 1.807) is 34.8 Å². The monoisotopic (exact) mass is 518 g/mol. The summed E-state index contributed by atoms with van der Waals surface area (Å²) in [6, 6.07) is 18.8. The van der Waals surface area contributed by atoms with E-state index in [1.165, 1.54) is 4.80 Å². The van der Waals surface area contributed by atoms with E-state index in [0.717, 1.165) is 27.9 Å². The summed E-state index contributed by atoms with van der Waals surface area (Å²) in [6.45, 7) is 1.98. The van der Waals surface area contributed by atoms with Gasteiger partial charge in [0.15, 0.2) is 0 Å². The van der Waals surface area contributed by atoms with Crippen LogP contribution in [0.2, 0.25) is 0 Å². The SMILES string of the molecule is C[C@H](Nc1nccc(N)c1-c1nnn(C)n1)c1cc2cccc(-c3cnn(C)c3)c2c(=O)n1-c1ccccc1. The van der Waals surface area contributed by atoms with Crippen LogP contribution in [0.25, 0.3) is 39.0 Å². The minimum absolute atomic E-state index is 0.127. The number of nitrogens with one attached hydrogen (secondary N) is 1. The molecule has 4 heterocycles. The first-order valence-corrected chi connectivity index (χ1v) is 12.4. The number of benzene rings is 2. The Morgan fingerprint density at radius 1 is 1.03 bits per heavy atom. The lowest BCUT2D eigenvalue weighted by molar-refractivity contribution is 0.630. The van der Waals surface area contributed by atoms with E-state index >= 15 is 0 Å². The Hall–Kier alpha value is -5.32. The second-order valence-electron chi connectivity index (χ2n) is 9.31. The Morgan fingerprint density at radius 3 is 2.56 bits per heavy atom. The fourth-order valence-electron chi connectivity index (χ4n) is 4.83. The van der Waals surface area contributed by atoms with Crippen LogP contribution in [0.4, 0.5) is 11.5 Å². The van der Waals surface area contributed by atoms with Crippen LogP contribution in [-0.4, -0.2) is 39.5 Å². The molecule has 0 aliphatic rings. The average molecular weight is 519 g/mol. The molecule has 0 saturated heterocycles. The number of hydrogen-bond donors (Lipinski definition) is 2. The molecule has 4 aromatic heterocycles. The minimum Gasteiger partial charge on any atom is -0.398 e. The van der Waals surface area contributed by atoms with Crippen LogP contribution in [0.3, 0.4) is 0 Å². The lowest BCUT2D eigenvalue weighted by Crippen LogP contribution is -2.26. The Balaban J connectivity index is 1.54. The molecule has 0 amide bonds. The quantitative estimate of drug-likeness (QED) is 0.341. The van der Waals surface area contributed by atoms with E-state index in [2.05, 4.69) is 30.8 Å². The van der Waals surface area contributed by atoms with Crippen molar-refractivity contribution in [3.05, 3.63) is 95.3 Å². The van der Waals surface area contributed by atoms with Crippen LogP contribution in [0.1, 0.15) is 18.7 Å². The lowest BCUT2D eigenvalue weighted by atomic mass is 9.99. The fraction of sp³-hybridized carbons (Fsp3) is 0.143. The highest BCUT2D eigenvalue weighted by Crippen LogP contribution is 2.33. The molecular formula is C28H26N10O. The Kier molecular flexibility index (Phi) is 5.87. The topological polar surface area (TPSA) is 134 Å². The number of fused-ring (bicyclic) bond motifs is 1. The molecule has 6 rings (SSSR count). The zero-order chi connectivity index (χ0) is 27.1. The van der Waals surface area contributed by atoms with Gasteiger partial charge in [0.25, 0.3) is 5.56 Å². The van der Waals surface area contributed by atoms with E-state index in [1.807, 2.05) is 74.8 Å². The summed E-state index contributed by atoms with van der Waals surface area (Å²) in [5.41, 5.74) is 10.4. The maximum absolute atomic E-state index is 14.3. The molecule has 0 aliphatic carbocycles. The molecule has 0 fully saturated rings. The van der Waals surface area contributed by atoms with Gasteiger partial charge in [-0.05, 0) is 47.4 Å². The van der Waals surface area contributed by atoms with Crippen LogP contribution in [-0.2, 0) is 14.1 Å². The molecule has 3 N–H and O–H groups in total. The molecule has 2 aromatic carbocycles. The first kappa shape index (κ1) is 24.0. The highest BCUT2D eigenvalue weighted by Gasteiger charge is 2.22. The molecule has 11 nitrogen and oxygen atoms in total. The molecule has 0 aliphatic heterocycles. The first-order chi connectivity index (χ1) is 18.9. The summed E-state index contributed by atoms with van der Waals surface area (Å²) < 4.78 is 3.47. The molecule has 0 unspecified atom stereocenters. The van der Waals surface area contributed by atoms with E-state index in [4.69, 9.17) is 5.73 Å². The third kappa shape index (κ3) is 4.29. The highest BCUT2D eigenvalue weighted by atomic mass is 16.1. The summed E-state index contributed by atoms with van der Waals surface area (Å²) >= 11 is 0. The number of pyridine rings is 2. The average Bonchev–Trinajstić information content (AvgIpc) is 3.56. The van der Waals surface area contributed by atoms with Gasteiger partial charge in [0.1, 0.15) is 5.82 Å². The highest BCUT2D eigenvalue weighted by molar-refractivity contribution is 5.96. The van der Waals surface area contributed by atoms with Gasteiger partial charge in [-0.3, -0.25) is 14.0 Å². The summed E-state index contributed by atoms with van der Waals surface area (Å²) in [7, 11) is 3.55. The zero-order valence-electron chi connectivity index (χ0n) is 21.6. The number of nitrogen functional groups attached to an aromatic ring is 1. The standard InChI is InChI=1S/C28H26N10O/c1-17(32-26-25(22(29)12-13-30-26)27-33-35-37(3)34-27)23-14-18-8-7-11-21(19-15-31-36(2)16-19)24(18)28(39)38(23)20-9-5-4-6-10-20/h4-17H,1-3H3,(H3,29,30,32)/t17-/m0/s1. The summed E-state index contributed by atoms with van der Waals surface area (Å²) in [4.78, 5) is 20.2. The van der Waals surface area contributed by atoms with Gasteiger partial charge in [-0.25, -0.2) is 4.98 Å². The summed E-state index contributed by atoms with van der Waals surface area (Å²) in [5, 5.41) is 21.6. The fourth-order valence-corrected chi connectivity index (χ4v) is 4.83. The van der Waals surface area contributed by atoms with Gasteiger partial charge in [0.2, 0.25) is 5.82 Å². The van der Waals surface area contributed by atoms with Crippen molar-refractivity contribution in [3.63, 3.8) is 0 Å². The predicted molar refractivity (Wildman–Crippen MR) is 150 cm³/mol. The normalized spacial score (nSPS) is 12.1. The number of rotatable bonds is 6. The summed E-state index contributed by atoms with van der Waals surface area (Å²) in [5.74, 6) is 0.852. The molecule has 0 spiro atoms. The Labute approximate surface area is 223 Å². The maximum Gasteiger partial charge on any atom is 0.263 e. The van der Waals surface area contributed by atoms with Gasteiger partial charge < -0.3 is 11.1 Å². The smallest absolute Gasteiger partial charge is 0.263 e. The number of para-hydroxylation sites is 1. The van der Waals surface area contributed by atoms with E-state index in [0.29, 0.717) is 28.3 Å². The molecule has 0 bridgehead atoms. The molecule has 39 heavy (non-hydrogen) atoms. The van der Waals surface area contributed by atoms with Crippen LogP contribution < -0.4 is 16.6 Å². The van der Waals surface area contributed by atoms with Gasteiger partial charge in [-0.2, -0.15) is 9.90 Å². The van der Waals surface area contributed by atoms with Gasteiger partial charge >= 0.3 is 0 Å². The zero-order valence-corrected chi connectivity index (χ0v) is 21.6. The first-order valence-electron chi connectivity index (χ1n) is 12.4. The van der Waals surface area contributed by atoms with Crippen LogP contribution in [0, 0.1) is 0 Å². The molecule has 194 valence electrons. The summed E-state index contributed by atoms with van der Waals surface area (Å²) in [6.07, 6.45) is 5.30. The van der Waals surface area contributed by atoms with Crippen molar-refractivity contribution in [1.29, 1.82) is 0 Å². The van der Waals surface area contributed by atoms with Gasteiger partial charge in [0, 0.05) is 42.1 Å². The second kappa shape index (κ2) is 9.53. The van der Waals surface area contributed by atoms with Crippen LogP contribution in [0.5, 0.6) is 0 Å².